The SMILES string of the molecule is CCCN=S(=O)(CC(=O)O)Cc1ccc(C)cc1. The van der Waals surface area contributed by atoms with Gasteiger partial charge >= 0.3 is 5.97 Å². The summed E-state index contributed by atoms with van der Waals surface area (Å²) in [6.07, 6.45) is 0.768. The highest BCUT2D eigenvalue weighted by molar-refractivity contribution is 7.93. The lowest BCUT2D eigenvalue weighted by atomic mass is 10.2. The molecular formula is C13H19NO3S. The molecule has 1 atom stereocenters. The van der Waals surface area contributed by atoms with Crippen molar-refractivity contribution in [2.24, 2.45) is 4.36 Å². The molecule has 0 heterocycles. The number of hydrogen-bond donors (Lipinski definition) is 1. The Morgan fingerprint density at radius 3 is 2.44 bits per heavy atom. The maximum Gasteiger partial charge on any atom is 0.317 e. The number of aliphatic carboxylic acids is 1. The van der Waals surface area contributed by atoms with Crippen LogP contribution in [0.3, 0.4) is 0 Å². The molecule has 0 spiro atoms. The third-order valence-electron chi connectivity index (χ3n) is 2.41. The van der Waals surface area contributed by atoms with Gasteiger partial charge in [-0.2, -0.15) is 0 Å². The molecule has 18 heavy (non-hydrogen) atoms. The second-order valence-electron chi connectivity index (χ2n) is 4.29. The van der Waals surface area contributed by atoms with Gasteiger partial charge in [0.05, 0.1) is 15.5 Å². The van der Waals surface area contributed by atoms with Crippen LogP contribution in [0.4, 0.5) is 0 Å². The smallest absolute Gasteiger partial charge is 0.317 e. The first-order chi connectivity index (χ1) is 8.45. The molecule has 0 fully saturated rings. The zero-order valence-corrected chi connectivity index (χ0v) is 11.6. The molecule has 0 saturated carbocycles. The van der Waals surface area contributed by atoms with Crippen molar-refractivity contribution in [3.63, 3.8) is 0 Å². The number of hydrogen-bond acceptors (Lipinski definition) is 3. The summed E-state index contributed by atoms with van der Waals surface area (Å²) in [7, 11) is -2.69. The van der Waals surface area contributed by atoms with Gasteiger partial charge in [-0.25, -0.2) is 8.57 Å². The number of aryl methyl sites for hydroxylation is 1. The van der Waals surface area contributed by atoms with Gasteiger partial charge in [0.15, 0.2) is 0 Å². The highest BCUT2D eigenvalue weighted by atomic mass is 32.2. The van der Waals surface area contributed by atoms with Crippen LogP contribution in [0.15, 0.2) is 28.6 Å². The van der Waals surface area contributed by atoms with Crippen molar-refractivity contribution in [2.45, 2.75) is 26.0 Å². The quantitative estimate of drug-likeness (QED) is 0.862. The summed E-state index contributed by atoms with van der Waals surface area (Å²) in [5.41, 5.74) is 1.99. The van der Waals surface area contributed by atoms with Gasteiger partial charge in [0.2, 0.25) is 0 Å². The van der Waals surface area contributed by atoms with Crippen molar-refractivity contribution in [3.8, 4) is 0 Å². The van der Waals surface area contributed by atoms with E-state index >= 15 is 0 Å². The molecule has 0 radical (unpaired) electrons. The van der Waals surface area contributed by atoms with Gasteiger partial charge in [0.1, 0.15) is 5.75 Å². The molecule has 1 N–H and O–H groups in total. The molecule has 0 aromatic heterocycles. The monoisotopic (exact) mass is 269 g/mol. The Balaban J connectivity index is 2.95. The Hall–Kier alpha value is -1.36. The first kappa shape index (κ1) is 14.7. The third-order valence-corrected chi connectivity index (χ3v) is 4.55. The fourth-order valence-electron chi connectivity index (χ4n) is 1.54. The van der Waals surface area contributed by atoms with Crippen molar-refractivity contribution in [1.82, 2.24) is 0 Å². The second kappa shape index (κ2) is 6.54. The van der Waals surface area contributed by atoms with Gasteiger partial charge in [0, 0.05) is 6.54 Å². The molecule has 0 bridgehead atoms. The first-order valence-electron chi connectivity index (χ1n) is 5.91. The summed E-state index contributed by atoms with van der Waals surface area (Å²) in [5, 5.41) is 8.83. The average molecular weight is 269 g/mol. The molecule has 0 amide bonds. The fourth-order valence-corrected chi connectivity index (χ4v) is 3.44. The van der Waals surface area contributed by atoms with E-state index in [1.54, 1.807) is 0 Å². The highest BCUT2D eigenvalue weighted by Crippen LogP contribution is 2.11. The van der Waals surface area contributed by atoms with E-state index in [1.807, 2.05) is 38.1 Å². The summed E-state index contributed by atoms with van der Waals surface area (Å²) in [6.45, 7) is 4.34. The van der Waals surface area contributed by atoms with E-state index in [2.05, 4.69) is 4.36 Å². The summed E-state index contributed by atoms with van der Waals surface area (Å²) < 4.78 is 16.5. The van der Waals surface area contributed by atoms with Crippen LogP contribution < -0.4 is 0 Å². The summed E-state index contributed by atoms with van der Waals surface area (Å²) >= 11 is 0. The molecule has 1 unspecified atom stereocenters. The maximum atomic E-state index is 12.5. The minimum absolute atomic E-state index is 0.208. The normalized spacial score (nSPS) is 13.9. The highest BCUT2D eigenvalue weighted by Gasteiger charge is 2.14. The van der Waals surface area contributed by atoms with E-state index in [-0.39, 0.29) is 11.5 Å². The molecule has 1 rings (SSSR count). The van der Waals surface area contributed by atoms with Crippen molar-refractivity contribution in [3.05, 3.63) is 35.4 Å². The second-order valence-corrected chi connectivity index (χ2v) is 6.67. The largest absolute Gasteiger partial charge is 0.481 e. The molecule has 0 aliphatic heterocycles. The molecular weight excluding hydrogens is 250 g/mol. The van der Waals surface area contributed by atoms with E-state index in [1.165, 1.54) is 0 Å². The lowest BCUT2D eigenvalue weighted by molar-refractivity contribution is -0.134. The number of benzene rings is 1. The zero-order valence-electron chi connectivity index (χ0n) is 10.8. The number of carbonyl (C=O) groups is 1. The molecule has 1 aromatic carbocycles. The molecule has 4 nitrogen and oxygen atoms in total. The van der Waals surface area contributed by atoms with Crippen LogP contribution in [0.5, 0.6) is 0 Å². The topological polar surface area (TPSA) is 66.7 Å². The van der Waals surface area contributed by atoms with Crippen molar-refractivity contribution in [1.29, 1.82) is 0 Å². The minimum atomic E-state index is -2.69. The number of nitrogens with zero attached hydrogens (tertiary/aromatic N) is 1. The van der Waals surface area contributed by atoms with Crippen molar-refractivity contribution < 1.29 is 14.1 Å². The molecule has 1 aromatic rings. The summed E-state index contributed by atoms with van der Waals surface area (Å²) in [4.78, 5) is 10.8. The lowest BCUT2D eigenvalue weighted by Crippen LogP contribution is -2.17. The van der Waals surface area contributed by atoms with E-state index < -0.39 is 15.7 Å². The van der Waals surface area contributed by atoms with Crippen LogP contribution in [0.2, 0.25) is 0 Å². The Labute approximate surface area is 108 Å². The number of rotatable bonds is 6. The van der Waals surface area contributed by atoms with E-state index in [4.69, 9.17) is 5.11 Å². The average Bonchev–Trinajstić information content (AvgIpc) is 2.29. The van der Waals surface area contributed by atoms with Crippen LogP contribution in [0.25, 0.3) is 0 Å². The van der Waals surface area contributed by atoms with Crippen LogP contribution in [-0.2, 0) is 20.3 Å². The lowest BCUT2D eigenvalue weighted by Gasteiger charge is -2.08. The maximum absolute atomic E-state index is 12.5. The summed E-state index contributed by atoms with van der Waals surface area (Å²) in [5.74, 6) is -1.24. The Bertz CT molecular complexity index is 514. The molecule has 100 valence electrons. The van der Waals surface area contributed by atoms with Gasteiger partial charge in [-0.15, -0.1) is 0 Å². The Morgan fingerprint density at radius 1 is 1.33 bits per heavy atom. The van der Waals surface area contributed by atoms with E-state index in [9.17, 15) is 9.00 Å². The predicted octanol–water partition coefficient (Wildman–Crippen LogP) is 2.46. The van der Waals surface area contributed by atoms with Gasteiger partial charge in [0.25, 0.3) is 0 Å². The standard InChI is InChI=1S/C13H19NO3S/c1-3-8-14-18(17,10-13(15)16)9-12-6-4-11(2)5-7-12/h4-7H,3,8-10H2,1-2H3,(H,15,16). The molecule has 0 aliphatic carbocycles. The van der Waals surface area contributed by atoms with Crippen molar-refractivity contribution in [2.75, 3.05) is 12.3 Å². The van der Waals surface area contributed by atoms with Crippen LogP contribution in [0.1, 0.15) is 24.5 Å². The van der Waals surface area contributed by atoms with Crippen molar-refractivity contribution >= 4 is 15.7 Å². The van der Waals surface area contributed by atoms with E-state index in [0.29, 0.717) is 6.54 Å². The zero-order chi connectivity index (χ0) is 13.6. The van der Waals surface area contributed by atoms with Gasteiger partial charge in [-0.05, 0) is 18.9 Å². The van der Waals surface area contributed by atoms with E-state index in [0.717, 1.165) is 17.5 Å². The van der Waals surface area contributed by atoms with Gasteiger partial charge < -0.3 is 5.11 Å². The third kappa shape index (κ3) is 4.87. The van der Waals surface area contributed by atoms with Crippen LogP contribution in [-0.4, -0.2) is 27.6 Å². The van der Waals surface area contributed by atoms with Crippen LogP contribution >= 0.6 is 0 Å². The predicted molar refractivity (Wildman–Crippen MR) is 73.1 cm³/mol. The molecule has 5 heteroatoms. The molecule has 0 saturated heterocycles. The number of carboxylic acid groups (broad SMARTS) is 1. The van der Waals surface area contributed by atoms with Gasteiger partial charge in [-0.1, -0.05) is 36.8 Å². The Kier molecular flexibility index (Phi) is 5.34. The first-order valence-corrected chi connectivity index (χ1v) is 7.76. The van der Waals surface area contributed by atoms with Crippen LogP contribution in [0, 0.1) is 6.92 Å². The minimum Gasteiger partial charge on any atom is -0.481 e. The summed E-state index contributed by atoms with van der Waals surface area (Å²) in [6, 6.07) is 7.60. The number of carboxylic acids is 1. The Morgan fingerprint density at radius 2 is 1.94 bits per heavy atom. The molecule has 0 aliphatic rings. The van der Waals surface area contributed by atoms with Gasteiger partial charge in [-0.3, -0.25) is 4.79 Å². The fraction of sp³-hybridized carbons (Fsp3) is 0.462.